The first-order valence-electron chi connectivity index (χ1n) is 10.7. The number of phenols is 2. The van der Waals surface area contributed by atoms with Gasteiger partial charge in [0.15, 0.2) is 5.75 Å². The van der Waals surface area contributed by atoms with E-state index in [4.69, 9.17) is 11.6 Å². The summed E-state index contributed by atoms with van der Waals surface area (Å²) in [5.74, 6) is -0.858. The summed E-state index contributed by atoms with van der Waals surface area (Å²) in [5.41, 5.74) is 1.77. The van der Waals surface area contributed by atoms with E-state index in [2.05, 4.69) is 36.3 Å². The highest BCUT2D eigenvalue weighted by molar-refractivity contribution is 6.31. The summed E-state index contributed by atoms with van der Waals surface area (Å²) in [6.45, 7) is 6.17. The molecule has 4 rings (SSSR count). The first-order valence-corrected chi connectivity index (χ1v) is 11.1. The number of halogens is 1. The topological polar surface area (TPSA) is 94.3 Å². The summed E-state index contributed by atoms with van der Waals surface area (Å²) in [6.07, 6.45) is 0. The van der Waals surface area contributed by atoms with E-state index < -0.39 is 5.91 Å². The van der Waals surface area contributed by atoms with E-state index in [0.717, 1.165) is 5.56 Å². The number of hydrogen-bond acceptors (Lipinski definition) is 5. The average Bonchev–Trinajstić information content (AvgIpc) is 2.78. The van der Waals surface area contributed by atoms with E-state index in [1.54, 1.807) is 48.5 Å². The molecule has 0 radical (unpaired) electrons. The van der Waals surface area contributed by atoms with Crippen molar-refractivity contribution in [3.63, 3.8) is 0 Å². The highest BCUT2D eigenvalue weighted by atomic mass is 35.5. The molecule has 7 heteroatoms. The van der Waals surface area contributed by atoms with Crippen LogP contribution in [0.2, 0.25) is 5.02 Å². The molecule has 0 aromatic heterocycles. The lowest BCUT2D eigenvalue weighted by atomic mass is 9.87. The Bertz CT molecular complexity index is 1420. The molecule has 172 valence electrons. The lowest BCUT2D eigenvalue weighted by Crippen LogP contribution is -2.12. The smallest absolute Gasteiger partial charge is 0.259 e. The maximum atomic E-state index is 13.0. The second-order valence-corrected chi connectivity index (χ2v) is 9.40. The number of phenolic OH excluding ortho intramolecular Hbond substituents is 2. The number of rotatable bonds is 4. The van der Waals surface area contributed by atoms with Gasteiger partial charge < -0.3 is 15.5 Å². The number of aromatic hydroxyl groups is 2. The fourth-order valence-electron chi connectivity index (χ4n) is 3.53. The molecule has 4 aromatic rings. The molecule has 0 fully saturated rings. The zero-order valence-corrected chi connectivity index (χ0v) is 19.8. The van der Waals surface area contributed by atoms with Gasteiger partial charge in [-0.1, -0.05) is 68.8 Å². The standard InChI is InChI=1S/C27H24ClN3O3/c1-27(2,3)17-11-12-23(32)22(14-17)30-31-24-20-10-5-4-7-16(20)13-21(25(24)33)26(34)29-19-9-6-8-18(28)15-19/h4-15,32-33H,1-3H3,(H,29,34). The Labute approximate surface area is 202 Å². The van der Waals surface area contributed by atoms with Crippen LogP contribution in [0.25, 0.3) is 10.8 Å². The zero-order chi connectivity index (χ0) is 24.5. The van der Waals surface area contributed by atoms with Crippen molar-refractivity contribution in [2.24, 2.45) is 10.2 Å². The number of nitrogens with one attached hydrogen (secondary N) is 1. The molecule has 4 aromatic carbocycles. The molecule has 3 N–H and O–H groups in total. The molecule has 34 heavy (non-hydrogen) atoms. The minimum Gasteiger partial charge on any atom is -0.506 e. The molecule has 6 nitrogen and oxygen atoms in total. The van der Waals surface area contributed by atoms with Crippen LogP contribution in [-0.2, 0) is 5.41 Å². The number of hydrogen-bond donors (Lipinski definition) is 3. The Kier molecular flexibility index (Phi) is 6.26. The molecule has 0 unspecified atom stereocenters. The van der Waals surface area contributed by atoms with Gasteiger partial charge in [0.1, 0.15) is 17.1 Å². The number of azo groups is 1. The van der Waals surface area contributed by atoms with Gasteiger partial charge in [-0.2, -0.15) is 0 Å². The highest BCUT2D eigenvalue weighted by Crippen LogP contribution is 2.41. The van der Waals surface area contributed by atoms with Crippen LogP contribution in [0, 0.1) is 0 Å². The van der Waals surface area contributed by atoms with E-state index in [1.807, 2.05) is 24.3 Å². The fourth-order valence-corrected chi connectivity index (χ4v) is 3.72. The van der Waals surface area contributed by atoms with Gasteiger partial charge in [0.2, 0.25) is 0 Å². The van der Waals surface area contributed by atoms with Gasteiger partial charge in [0.25, 0.3) is 5.91 Å². The molecule has 0 aliphatic heterocycles. The SMILES string of the molecule is CC(C)(C)c1ccc(O)c(N=Nc2c(O)c(C(=O)Nc3cccc(Cl)c3)cc3ccccc23)c1. The van der Waals surface area contributed by atoms with Crippen LogP contribution in [0.15, 0.2) is 83.0 Å². The van der Waals surface area contributed by atoms with Crippen molar-refractivity contribution in [3.05, 3.63) is 88.9 Å². The summed E-state index contributed by atoms with van der Waals surface area (Å²) >= 11 is 6.01. The van der Waals surface area contributed by atoms with Gasteiger partial charge in [-0.05, 0) is 52.8 Å². The molecule has 0 saturated heterocycles. The summed E-state index contributed by atoms with van der Waals surface area (Å²) in [5, 5.41) is 34.4. The van der Waals surface area contributed by atoms with Crippen LogP contribution >= 0.6 is 11.6 Å². The second kappa shape index (κ2) is 9.15. The van der Waals surface area contributed by atoms with Gasteiger partial charge in [-0.15, -0.1) is 10.2 Å². The predicted octanol–water partition coefficient (Wildman–Crippen LogP) is 7.87. The lowest BCUT2D eigenvalue weighted by Gasteiger charge is -2.19. The van der Waals surface area contributed by atoms with Crippen LogP contribution in [0.3, 0.4) is 0 Å². The maximum Gasteiger partial charge on any atom is 0.259 e. The number of anilines is 1. The normalized spacial score (nSPS) is 11.8. The van der Waals surface area contributed by atoms with E-state index in [-0.39, 0.29) is 33.9 Å². The predicted molar refractivity (Wildman–Crippen MR) is 136 cm³/mol. The van der Waals surface area contributed by atoms with Crippen LogP contribution in [0.5, 0.6) is 11.5 Å². The van der Waals surface area contributed by atoms with Crippen molar-refractivity contribution in [1.82, 2.24) is 0 Å². The quantitative estimate of drug-likeness (QED) is 0.263. The van der Waals surface area contributed by atoms with E-state index in [0.29, 0.717) is 21.5 Å². The molecule has 0 saturated carbocycles. The average molecular weight is 474 g/mol. The number of benzene rings is 4. The van der Waals surface area contributed by atoms with Crippen molar-refractivity contribution >= 4 is 45.3 Å². The molecule has 0 bridgehead atoms. The largest absolute Gasteiger partial charge is 0.506 e. The first kappa shape index (κ1) is 23.3. The molecular weight excluding hydrogens is 450 g/mol. The fraction of sp³-hybridized carbons (Fsp3) is 0.148. The third-order valence-corrected chi connectivity index (χ3v) is 5.66. The third-order valence-electron chi connectivity index (χ3n) is 5.42. The number of fused-ring (bicyclic) bond motifs is 1. The van der Waals surface area contributed by atoms with Crippen molar-refractivity contribution in [1.29, 1.82) is 0 Å². The Morgan fingerprint density at radius 1 is 0.912 bits per heavy atom. The van der Waals surface area contributed by atoms with Gasteiger partial charge in [-0.25, -0.2) is 0 Å². The number of carbonyl (C=O) groups excluding carboxylic acids is 1. The minimum atomic E-state index is -0.514. The van der Waals surface area contributed by atoms with Crippen LogP contribution < -0.4 is 5.32 Å². The van der Waals surface area contributed by atoms with E-state index in [9.17, 15) is 15.0 Å². The second-order valence-electron chi connectivity index (χ2n) is 8.96. The number of amides is 1. The van der Waals surface area contributed by atoms with Gasteiger partial charge in [0, 0.05) is 16.1 Å². The Morgan fingerprint density at radius 2 is 1.68 bits per heavy atom. The zero-order valence-electron chi connectivity index (χ0n) is 19.0. The number of carbonyl (C=O) groups is 1. The lowest BCUT2D eigenvalue weighted by molar-refractivity contribution is 0.102. The number of nitrogens with zero attached hydrogens (tertiary/aromatic N) is 2. The summed E-state index contributed by atoms with van der Waals surface area (Å²) in [4.78, 5) is 13.0. The summed E-state index contributed by atoms with van der Waals surface area (Å²) in [6, 6.07) is 20.7. The Balaban J connectivity index is 1.79. The van der Waals surface area contributed by atoms with Crippen molar-refractivity contribution in [3.8, 4) is 11.5 Å². The molecule has 0 atom stereocenters. The Morgan fingerprint density at radius 3 is 2.41 bits per heavy atom. The minimum absolute atomic E-state index is 0.0320. The molecule has 0 heterocycles. The third kappa shape index (κ3) is 4.87. The highest BCUT2D eigenvalue weighted by Gasteiger charge is 2.19. The van der Waals surface area contributed by atoms with Gasteiger partial charge >= 0.3 is 0 Å². The van der Waals surface area contributed by atoms with Gasteiger partial charge in [0.05, 0.1) is 5.56 Å². The Hall–Kier alpha value is -3.90. The van der Waals surface area contributed by atoms with Gasteiger partial charge in [-0.3, -0.25) is 4.79 Å². The van der Waals surface area contributed by atoms with Crippen molar-refractivity contribution in [2.45, 2.75) is 26.2 Å². The summed E-state index contributed by atoms with van der Waals surface area (Å²) in [7, 11) is 0. The maximum absolute atomic E-state index is 13.0. The van der Waals surface area contributed by atoms with Crippen molar-refractivity contribution in [2.75, 3.05) is 5.32 Å². The molecular formula is C27H24ClN3O3. The van der Waals surface area contributed by atoms with Crippen LogP contribution in [-0.4, -0.2) is 16.1 Å². The molecule has 1 amide bonds. The molecule has 0 spiro atoms. The van der Waals surface area contributed by atoms with Crippen LogP contribution in [0.4, 0.5) is 17.1 Å². The van der Waals surface area contributed by atoms with E-state index in [1.165, 1.54) is 0 Å². The van der Waals surface area contributed by atoms with Crippen LogP contribution in [0.1, 0.15) is 36.7 Å². The molecule has 0 aliphatic rings. The summed E-state index contributed by atoms with van der Waals surface area (Å²) < 4.78 is 0. The monoisotopic (exact) mass is 473 g/mol. The van der Waals surface area contributed by atoms with Crippen molar-refractivity contribution < 1.29 is 15.0 Å². The molecule has 0 aliphatic carbocycles. The van der Waals surface area contributed by atoms with E-state index >= 15 is 0 Å². The first-order chi connectivity index (χ1) is 16.1.